The second kappa shape index (κ2) is 5.56. The molecule has 0 saturated heterocycles. The van der Waals surface area contributed by atoms with Crippen molar-refractivity contribution in [1.29, 1.82) is 0 Å². The Kier molecular flexibility index (Phi) is 3.60. The highest BCUT2D eigenvalue weighted by Gasteiger charge is 2.27. The number of benzene rings is 1. The van der Waals surface area contributed by atoms with Crippen molar-refractivity contribution in [2.45, 2.75) is 13.3 Å². The maximum atomic E-state index is 12.8. The number of hydrogen-bond acceptors (Lipinski definition) is 3. The van der Waals surface area contributed by atoms with E-state index in [0.717, 1.165) is 17.9 Å². The molecule has 1 aliphatic rings. The second-order valence-corrected chi connectivity index (χ2v) is 5.46. The molecule has 21 heavy (non-hydrogen) atoms. The molecule has 0 aliphatic carbocycles. The molecule has 0 saturated carbocycles. The summed E-state index contributed by atoms with van der Waals surface area (Å²) in [6.07, 6.45) is 4.27. The van der Waals surface area contributed by atoms with Gasteiger partial charge in [-0.25, -0.2) is 0 Å². The van der Waals surface area contributed by atoms with Crippen LogP contribution < -0.4 is 9.64 Å². The first-order chi connectivity index (χ1) is 10.2. The van der Waals surface area contributed by atoms with Gasteiger partial charge in [-0.15, -0.1) is 0 Å². The zero-order valence-corrected chi connectivity index (χ0v) is 12.2. The lowest BCUT2D eigenvalue weighted by Crippen LogP contribution is -2.39. The van der Waals surface area contributed by atoms with E-state index in [9.17, 15) is 4.79 Å². The highest BCUT2D eigenvalue weighted by molar-refractivity contribution is 6.06. The Morgan fingerprint density at radius 3 is 2.95 bits per heavy atom. The lowest BCUT2D eigenvalue weighted by molar-refractivity contribution is 0.0980. The number of aromatic nitrogens is 1. The van der Waals surface area contributed by atoms with Crippen molar-refractivity contribution in [2.75, 3.05) is 18.6 Å². The number of pyridine rings is 1. The van der Waals surface area contributed by atoms with Gasteiger partial charge in [0, 0.05) is 25.0 Å². The molecule has 1 aliphatic heterocycles. The summed E-state index contributed by atoms with van der Waals surface area (Å²) < 4.78 is 5.29. The van der Waals surface area contributed by atoms with Gasteiger partial charge in [-0.05, 0) is 36.1 Å². The molecule has 1 amide bonds. The van der Waals surface area contributed by atoms with Gasteiger partial charge in [0.2, 0.25) is 0 Å². The number of carbonyl (C=O) groups excluding carboxylic acids is 1. The maximum Gasteiger partial charge on any atom is 0.259 e. The Hall–Kier alpha value is -2.36. The van der Waals surface area contributed by atoms with E-state index in [-0.39, 0.29) is 5.91 Å². The van der Waals surface area contributed by atoms with Crippen LogP contribution in [0.1, 0.15) is 22.8 Å². The van der Waals surface area contributed by atoms with Gasteiger partial charge in [-0.1, -0.05) is 13.0 Å². The highest BCUT2D eigenvalue weighted by Crippen LogP contribution is 2.33. The Labute approximate surface area is 124 Å². The van der Waals surface area contributed by atoms with Crippen molar-refractivity contribution in [2.24, 2.45) is 5.92 Å². The molecule has 3 rings (SSSR count). The second-order valence-electron chi connectivity index (χ2n) is 5.46. The molecule has 108 valence electrons. The molecule has 0 spiro atoms. The highest BCUT2D eigenvalue weighted by atomic mass is 16.5. The van der Waals surface area contributed by atoms with Crippen LogP contribution in [-0.4, -0.2) is 24.5 Å². The fourth-order valence-corrected chi connectivity index (χ4v) is 2.78. The van der Waals surface area contributed by atoms with Crippen LogP contribution in [0.4, 0.5) is 5.69 Å². The van der Waals surface area contributed by atoms with Crippen molar-refractivity contribution < 1.29 is 9.53 Å². The van der Waals surface area contributed by atoms with Crippen LogP contribution in [0, 0.1) is 5.92 Å². The molecule has 0 radical (unpaired) electrons. The minimum atomic E-state index is -0.0100. The van der Waals surface area contributed by atoms with Crippen LogP contribution in [0.15, 0.2) is 42.7 Å². The maximum absolute atomic E-state index is 12.8. The lowest BCUT2D eigenvalue weighted by atomic mass is 9.93. The van der Waals surface area contributed by atoms with E-state index in [1.165, 1.54) is 5.56 Å². The first-order valence-electron chi connectivity index (χ1n) is 7.08. The molecule has 2 heterocycles. The number of anilines is 1. The molecule has 1 aromatic carbocycles. The van der Waals surface area contributed by atoms with E-state index in [4.69, 9.17) is 4.74 Å². The van der Waals surface area contributed by atoms with E-state index in [2.05, 4.69) is 11.9 Å². The van der Waals surface area contributed by atoms with Crippen LogP contribution >= 0.6 is 0 Å². The molecule has 2 aromatic rings. The van der Waals surface area contributed by atoms with E-state index in [1.807, 2.05) is 23.1 Å². The Morgan fingerprint density at radius 2 is 2.24 bits per heavy atom. The number of ether oxygens (including phenoxy) is 1. The van der Waals surface area contributed by atoms with Crippen LogP contribution in [0.3, 0.4) is 0 Å². The smallest absolute Gasteiger partial charge is 0.259 e. The quantitative estimate of drug-likeness (QED) is 0.850. The zero-order valence-electron chi connectivity index (χ0n) is 12.2. The summed E-state index contributed by atoms with van der Waals surface area (Å²) in [5, 5.41) is 0. The molecule has 1 aromatic heterocycles. The largest absolute Gasteiger partial charge is 0.497 e. The Bertz CT molecular complexity index is 655. The molecular weight excluding hydrogens is 264 g/mol. The van der Waals surface area contributed by atoms with Crippen molar-refractivity contribution in [3.63, 3.8) is 0 Å². The summed E-state index contributed by atoms with van der Waals surface area (Å²) in [6.45, 7) is 2.88. The van der Waals surface area contributed by atoms with Gasteiger partial charge in [0.25, 0.3) is 5.91 Å². The molecular formula is C17H18N2O2. The van der Waals surface area contributed by atoms with E-state index in [1.54, 1.807) is 31.6 Å². The topological polar surface area (TPSA) is 42.4 Å². The Balaban J connectivity index is 2.02. The van der Waals surface area contributed by atoms with Gasteiger partial charge in [0.1, 0.15) is 5.75 Å². The standard InChI is InChI=1S/C17H18N2O2/c1-12-8-13-5-6-15(21-2)9-16(13)19(11-12)17(20)14-4-3-7-18-10-14/h3-7,9-10,12H,8,11H2,1-2H3. The number of methoxy groups -OCH3 is 1. The van der Waals surface area contributed by atoms with Crippen molar-refractivity contribution in [1.82, 2.24) is 4.98 Å². The van der Waals surface area contributed by atoms with Gasteiger partial charge in [-0.3, -0.25) is 9.78 Å². The first-order valence-corrected chi connectivity index (χ1v) is 7.08. The molecule has 1 unspecified atom stereocenters. The van der Waals surface area contributed by atoms with Crippen LogP contribution in [0.25, 0.3) is 0 Å². The van der Waals surface area contributed by atoms with Crippen LogP contribution in [0.2, 0.25) is 0 Å². The Morgan fingerprint density at radius 1 is 1.38 bits per heavy atom. The third-order valence-corrected chi connectivity index (χ3v) is 3.80. The van der Waals surface area contributed by atoms with Crippen molar-refractivity contribution in [3.8, 4) is 5.75 Å². The third kappa shape index (κ3) is 2.61. The molecule has 4 nitrogen and oxygen atoms in total. The van der Waals surface area contributed by atoms with Gasteiger partial charge < -0.3 is 9.64 Å². The lowest BCUT2D eigenvalue weighted by Gasteiger charge is -2.33. The summed E-state index contributed by atoms with van der Waals surface area (Å²) in [5.74, 6) is 1.20. The van der Waals surface area contributed by atoms with E-state index < -0.39 is 0 Å². The molecule has 0 fully saturated rings. The number of fused-ring (bicyclic) bond motifs is 1. The first kappa shape index (κ1) is 13.6. The summed E-state index contributed by atoms with van der Waals surface area (Å²) in [7, 11) is 1.64. The summed E-state index contributed by atoms with van der Waals surface area (Å²) in [6, 6.07) is 9.52. The number of hydrogen-bond donors (Lipinski definition) is 0. The van der Waals surface area contributed by atoms with E-state index in [0.29, 0.717) is 18.0 Å². The normalized spacial score (nSPS) is 17.2. The number of amides is 1. The molecule has 4 heteroatoms. The fourth-order valence-electron chi connectivity index (χ4n) is 2.78. The van der Waals surface area contributed by atoms with E-state index >= 15 is 0 Å². The van der Waals surface area contributed by atoms with Crippen LogP contribution in [0.5, 0.6) is 5.75 Å². The minimum absolute atomic E-state index is 0.0100. The van der Waals surface area contributed by atoms with Crippen LogP contribution in [-0.2, 0) is 6.42 Å². The number of rotatable bonds is 2. The molecule has 1 atom stereocenters. The van der Waals surface area contributed by atoms with Crippen molar-refractivity contribution >= 4 is 11.6 Å². The summed E-state index contributed by atoms with van der Waals surface area (Å²) in [4.78, 5) is 18.6. The monoisotopic (exact) mass is 282 g/mol. The number of carbonyl (C=O) groups is 1. The average molecular weight is 282 g/mol. The number of nitrogens with zero attached hydrogens (tertiary/aromatic N) is 2. The fraction of sp³-hybridized carbons (Fsp3) is 0.294. The average Bonchev–Trinajstić information content (AvgIpc) is 2.53. The summed E-state index contributed by atoms with van der Waals surface area (Å²) in [5.41, 5.74) is 2.74. The third-order valence-electron chi connectivity index (χ3n) is 3.80. The van der Waals surface area contributed by atoms with Gasteiger partial charge >= 0.3 is 0 Å². The predicted molar refractivity (Wildman–Crippen MR) is 81.8 cm³/mol. The zero-order chi connectivity index (χ0) is 14.8. The molecule has 0 bridgehead atoms. The van der Waals surface area contributed by atoms with Gasteiger partial charge in [0.15, 0.2) is 0 Å². The minimum Gasteiger partial charge on any atom is -0.497 e. The predicted octanol–water partition coefficient (Wildman–Crippen LogP) is 2.93. The SMILES string of the molecule is COc1ccc2c(c1)N(C(=O)c1cccnc1)CC(C)C2. The summed E-state index contributed by atoms with van der Waals surface area (Å²) >= 11 is 0. The molecule has 0 N–H and O–H groups in total. The van der Waals surface area contributed by atoms with Gasteiger partial charge in [-0.2, -0.15) is 0 Å². The van der Waals surface area contributed by atoms with Crippen molar-refractivity contribution in [3.05, 3.63) is 53.9 Å². The van der Waals surface area contributed by atoms with Gasteiger partial charge in [0.05, 0.1) is 18.4 Å².